The van der Waals surface area contributed by atoms with Gasteiger partial charge >= 0.3 is 23.9 Å². The smallest absolute Gasteiger partial charge is 0.328 e. The van der Waals surface area contributed by atoms with Gasteiger partial charge in [0.1, 0.15) is 5.82 Å². The lowest BCUT2D eigenvalue weighted by molar-refractivity contribution is -0.134. The van der Waals surface area contributed by atoms with Crippen LogP contribution in [0.25, 0.3) is 10.9 Å². The first-order chi connectivity index (χ1) is 21.4. The second-order valence-electron chi connectivity index (χ2n) is 9.85. The number of halogens is 1. The van der Waals surface area contributed by atoms with Gasteiger partial charge in [0, 0.05) is 69.0 Å². The van der Waals surface area contributed by atoms with Crippen LogP contribution in [-0.2, 0) is 36.9 Å². The predicted molar refractivity (Wildman–Crippen MR) is 159 cm³/mol. The Bertz CT molecular complexity index is 1530. The van der Waals surface area contributed by atoms with Gasteiger partial charge in [0.25, 0.3) is 0 Å². The van der Waals surface area contributed by atoms with E-state index in [-0.39, 0.29) is 11.7 Å². The fourth-order valence-corrected chi connectivity index (χ4v) is 4.62. The molecule has 14 nitrogen and oxygen atoms in total. The summed E-state index contributed by atoms with van der Waals surface area (Å²) in [4.78, 5) is 57.4. The highest BCUT2D eigenvalue weighted by Crippen LogP contribution is 2.25. The zero-order valence-electron chi connectivity index (χ0n) is 24.0. The minimum Gasteiger partial charge on any atom is -0.478 e. The lowest BCUT2D eigenvalue weighted by atomic mass is 10.00. The molecule has 1 saturated heterocycles. The number of anilines is 1. The number of hydrogen-bond donors (Lipinski definition) is 5. The Hall–Kier alpha value is -5.57. The SMILES string of the molecule is O=C(CN1CCN(c2n[nH]c3cc(F)ccc23)CC1)N1CCc2ccccc2C1.O=C(O)/C=C/C(=O)O.O=C(O)/C=C/C(=O)O. The number of fused-ring (bicyclic) bond motifs is 2. The average Bonchev–Trinajstić information content (AvgIpc) is 3.43. The van der Waals surface area contributed by atoms with Crippen molar-refractivity contribution in [2.45, 2.75) is 13.0 Å². The molecule has 0 radical (unpaired) electrons. The molecule has 1 amide bonds. The maximum absolute atomic E-state index is 13.4. The van der Waals surface area contributed by atoms with E-state index >= 15 is 0 Å². The normalized spacial score (nSPS) is 14.7. The van der Waals surface area contributed by atoms with Crippen molar-refractivity contribution in [3.05, 3.63) is 83.7 Å². The summed E-state index contributed by atoms with van der Waals surface area (Å²) >= 11 is 0. The second kappa shape index (κ2) is 16.3. The van der Waals surface area contributed by atoms with E-state index in [0.29, 0.717) is 42.9 Å². The summed E-state index contributed by atoms with van der Waals surface area (Å²) in [6, 6.07) is 13.1. The third kappa shape index (κ3) is 10.9. The predicted octanol–water partition coefficient (Wildman–Crippen LogP) is 1.83. The maximum Gasteiger partial charge on any atom is 0.328 e. The van der Waals surface area contributed by atoms with Crippen LogP contribution in [0.4, 0.5) is 10.2 Å². The van der Waals surface area contributed by atoms with Crippen LogP contribution < -0.4 is 4.90 Å². The molecule has 1 fully saturated rings. The molecule has 2 aromatic carbocycles. The Balaban J connectivity index is 0.000000287. The highest BCUT2D eigenvalue weighted by Gasteiger charge is 2.25. The topological polar surface area (TPSA) is 205 Å². The van der Waals surface area contributed by atoms with Crippen LogP contribution in [0.15, 0.2) is 66.8 Å². The number of aliphatic carboxylic acids is 4. The molecule has 2 aliphatic rings. The Morgan fingerprint density at radius 1 is 0.778 bits per heavy atom. The standard InChI is InChI=1S/C22H24FN5O.2C4H4O4/c23-18-5-6-19-20(13-18)24-25-22(19)27-11-9-26(10-12-27)15-21(29)28-8-7-16-3-1-2-4-17(16)14-28;2*5-3(6)1-2-4(7)8/h1-6,13H,7-12,14-15H2,(H,24,25);2*1-2H,(H,5,6)(H,7,8)/b;2*2-1+. The number of carboxylic acid groups (broad SMARTS) is 4. The van der Waals surface area contributed by atoms with Crippen molar-refractivity contribution in [2.24, 2.45) is 0 Å². The summed E-state index contributed by atoms with van der Waals surface area (Å²) in [5.74, 6) is -4.23. The molecule has 2 aliphatic heterocycles. The number of H-pyrrole nitrogens is 1. The number of aromatic nitrogens is 2. The van der Waals surface area contributed by atoms with Crippen LogP contribution in [0.2, 0.25) is 0 Å². The molecule has 0 saturated carbocycles. The van der Waals surface area contributed by atoms with E-state index in [1.807, 2.05) is 11.0 Å². The highest BCUT2D eigenvalue weighted by molar-refractivity contribution is 5.91. The molecule has 0 bridgehead atoms. The van der Waals surface area contributed by atoms with Gasteiger partial charge in [0.2, 0.25) is 5.91 Å². The molecule has 3 heterocycles. The molecule has 3 aromatic rings. The summed E-state index contributed by atoms with van der Waals surface area (Å²) < 4.78 is 13.4. The summed E-state index contributed by atoms with van der Waals surface area (Å²) in [6.07, 6.45) is 3.16. The Morgan fingerprint density at radius 2 is 1.33 bits per heavy atom. The third-order valence-corrected chi connectivity index (χ3v) is 6.76. The molecule has 1 aromatic heterocycles. The van der Waals surface area contributed by atoms with E-state index < -0.39 is 23.9 Å². The molecular weight excluding hydrogens is 593 g/mol. The van der Waals surface area contributed by atoms with Gasteiger partial charge < -0.3 is 30.2 Å². The Kier molecular flexibility index (Phi) is 12.3. The first-order valence-corrected chi connectivity index (χ1v) is 13.7. The zero-order chi connectivity index (χ0) is 32.9. The first-order valence-electron chi connectivity index (χ1n) is 13.7. The Morgan fingerprint density at radius 3 is 1.89 bits per heavy atom. The van der Waals surface area contributed by atoms with Crippen LogP contribution in [0.5, 0.6) is 0 Å². The molecule has 0 spiro atoms. The first kappa shape index (κ1) is 33.9. The quantitative estimate of drug-likeness (QED) is 0.239. The van der Waals surface area contributed by atoms with Gasteiger partial charge in [-0.15, -0.1) is 0 Å². The Labute approximate surface area is 256 Å². The number of carboxylic acids is 4. The molecule has 5 rings (SSSR count). The molecule has 0 aliphatic carbocycles. The molecular formula is C30H32FN5O9. The van der Waals surface area contributed by atoms with E-state index in [9.17, 15) is 28.4 Å². The van der Waals surface area contributed by atoms with Crippen molar-refractivity contribution in [1.29, 1.82) is 0 Å². The number of hydrogen-bond acceptors (Lipinski definition) is 8. The third-order valence-electron chi connectivity index (χ3n) is 6.76. The van der Waals surface area contributed by atoms with Crippen molar-refractivity contribution in [1.82, 2.24) is 20.0 Å². The molecule has 0 unspecified atom stereocenters. The number of rotatable bonds is 7. The molecule has 0 atom stereocenters. The molecule has 238 valence electrons. The van der Waals surface area contributed by atoms with E-state index in [0.717, 1.165) is 50.3 Å². The number of amides is 1. The van der Waals surface area contributed by atoms with Gasteiger partial charge in [-0.1, -0.05) is 24.3 Å². The van der Waals surface area contributed by atoms with Crippen LogP contribution in [0.1, 0.15) is 11.1 Å². The lowest BCUT2D eigenvalue weighted by Gasteiger charge is -2.36. The van der Waals surface area contributed by atoms with E-state index in [1.54, 1.807) is 6.07 Å². The number of nitrogens with one attached hydrogen (secondary N) is 1. The monoisotopic (exact) mass is 625 g/mol. The van der Waals surface area contributed by atoms with E-state index in [2.05, 4.69) is 38.2 Å². The number of piperazine rings is 1. The number of carbonyl (C=O) groups excluding carboxylic acids is 1. The van der Waals surface area contributed by atoms with Crippen LogP contribution in [0.3, 0.4) is 0 Å². The van der Waals surface area contributed by atoms with Gasteiger partial charge in [0.05, 0.1) is 12.1 Å². The number of benzene rings is 2. The fourth-order valence-electron chi connectivity index (χ4n) is 4.62. The van der Waals surface area contributed by atoms with Crippen molar-refractivity contribution >= 4 is 46.5 Å². The van der Waals surface area contributed by atoms with Crippen LogP contribution in [0, 0.1) is 5.82 Å². The number of aromatic amines is 1. The van der Waals surface area contributed by atoms with Gasteiger partial charge in [-0.2, -0.15) is 5.10 Å². The van der Waals surface area contributed by atoms with Crippen molar-refractivity contribution in [2.75, 3.05) is 44.2 Å². The molecule has 45 heavy (non-hydrogen) atoms. The van der Waals surface area contributed by atoms with Gasteiger partial charge in [-0.05, 0) is 35.7 Å². The largest absolute Gasteiger partial charge is 0.478 e. The lowest BCUT2D eigenvalue weighted by Crippen LogP contribution is -2.50. The zero-order valence-corrected chi connectivity index (χ0v) is 24.0. The minimum absolute atomic E-state index is 0.202. The fraction of sp³-hybridized carbons (Fsp3) is 0.267. The summed E-state index contributed by atoms with van der Waals surface area (Å²) in [6.45, 7) is 5.19. The van der Waals surface area contributed by atoms with Gasteiger partial charge in [-0.25, -0.2) is 23.6 Å². The van der Waals surface area contributed by atoms with Crippen LogP contribution >= 0.6 is 0 Å². The van der Waals surface area contributed by atoms with Crippen LogP contribution in [-0.4, -0.2) is 109 Å². The average molecular weight is 626 g/mol. The molecule has 5 N–H and O–H groups in total. The second-order valence-corrected chi connectivity index (χ2v) is 9.85. The van der Waals surface area contributed by atoms with E-state index in [1.165, 1.54) is 23.3 Å². The number of nitrogens with zero attached hydrogens (tertiary/aromatic N) is 4. The summed E-state index contributed by atoms with van der Waals surface area (Å²) in [7, 11) is 0. The van der Waals surface area contributed by atoms with Crippen molar-refractivity contribution in [3.8, 4) is 0 Å². The van der Waals surface area contributed by atoms with Crippen molar-refractivity contribution in [3.63, 3.8) is 0 Å². The van der Waals surface area contributed by atoms with Crippen molar-refractivity contribution < 1.29 is 48.8 Å². The summed E-state index contributed by atoms with van der Waals surface area (Å²) in [5.41, 5.74) is 3.33. The minimum atomic E-state index is -1.26. The van der Waals surface area contributed by atoms with E-state index in [4.69, 9.17) is 20.4 Å². The summed E-state index contributed by atoms with van der Waals surface area (Å²) in [5, 5.41) is 39.5. The maximum atomic E-state index is 13.4. The number of carbonyl (C=O) groups is 5. The van der Waals surface area contributed by atoms with Gasteiger partial charge in [0.15, 0.2) is 5.82 Å². The highest BCUT2D eigenvalue weighted by atomic mass is 19.1. The van der Waals surface area contributed by atoms with Gasteiger partial charge in [-0.3, -0.25) is 14.8 Å². The molecule has 15 heteroatoms.